The van der Waals surface area contributed by atoms with Gasteiger partial charge in [0, 0.05) is 19.3 Å². The third-order valence-corrected chi connectivity index (χ3v) is 3.32. The van der Waals surface area contributed by atoms with Crippen molar-refractivity contribution in [1.82, 2.24) is 0 Å². The lowest BCUT2D eigenvalue weighted by Crippen LogP contribution is -2.38. The topological polar surface area (TPSA) is 53.3 Å². The molecule has 2 rings (SSSR count). The zero-order valence-electron chi connectivity index (χ0n) is 10.6. The first-order valence-electron chi connectivity index (χ1n) is 6.03. The van der Waals surface area contributed by atoms with Gasteiger partial charge < -0.3 is 9.64 Å². The highest BCUT2D eigenvalue weighted by molar-refractivity contribution is 5.96. The first-order valence-corrected chi connectivity index (χ1v) is 6.03. The van der Waals surface area contributed by atoms with Crippen molar-refractivity contribution in [2.45, 2.75) is 19.4 Å². The van der Waals surface area contributed by atoms with E-state index in [2.05, 4.69) is 6.07 Å². The summed E-state index contributed by atoms with van der Waals surface area (Å²) in [4.78, 5) is 13.8. The van der Waals surface area contributed by atoms with Crippen LogP contribution >= 0.6 is 0 Å². The van der Waals surface area contributed by atoms with E-state index < -0.39 is 0 Å². The molecule has 0 aromatic heterocycles. The molecule has 1 saturated heterocycles. The summed E-state index contributed by atoms with van der Waals surface area (Å²) in [6.07, 6.45) is 0.559. The average Bonchev–Trinajstić information content (AvgIpc) is 2.83. The SMILES string of the molecule is CC1CCOC1C(=O)N(C)c1cccc(C#N)c1. The van der Waals surface area contributed by atoms with Crippen LogP contribution in [0.1, 0.15) is 18.9 Å². The number of hydrogen-bond donors (Lipinski definition) is 0. The van der Waals surface area contributed by atoms with Crippen molar-refractivity contribution in [3.63, 3.8) is 0 Å². The molecular formula is C14H16N2O2. The molecule has 2 unspecified atom stereocenters. The van der Waals surface area contributed by atoms with Crippen molar-refractivity contribution in [2.24, 2.45) is 5.92 Å². The van der Waals surface area contributed by atoms with E-state index in [4.69, 9.17) is 10.00 Å². The summed E-state index contributed by atoms with van der Waals surface area (Å²) in [6, 6.07) is 9.09. The molecule has 1 aliphatic heterocycles. The first kappa shape index (κ1) is 12.6. The number of benzene rings is 1. The van der Waals surface area contributed by atoms with Gasteiger partial charge in [-0.15, -0.1) is 0 Å². The maximum Gasteiger partial charge on any atom is 0.256 e. The van der Waals surface area contributed by atoms with Gasteiger partial charge in [-0.25, -0.2) is 0 Å². The minimum absolute atomic E-state index is 0.0462. The molecule has 18 heavy (non-hydrogen) atoms. The summed E-state index contributed by atoms with van der Waals surface area (Å²) in [7, 11) is 1.72. The molecule has 4 nitrogen and oxygen atoms in total. The van der Waals surface area contributed by atoms with E-state index in [-0.39, 0.29) is 17.9 Å². The van der Waals surface area contributed by atoms with Gasteiger partial charge in [0.15, 0.2) is 0 Å². The van der Waals surface area contributed by atoms with E-state index in [1.165, 1.54) is 0 Å². The van der Waals surface area contributed by atoms with Crippen LogP contribution in [0.4, 0.5) is 5.69 Å². The van der Waals surface area contributed by atoms with Crippen LogP contribution in [0.2, 0.25) is 0 Å². The molecule has 1 amide bonds. The van der Waals surface area contributed by atoms with E-state index in [0.717, 1.165) is 12.1 Å². The van der Waals surface area contributed by atoms with E-state index in [9.17, 15) is 4.79 Å². The minimum atomic E-state index is -0.360. The second kappa shape index (κ2) is 5.19. The fraction of sp³-hybridized carbons (Fsp3) is 0.429. The lowest BCUT2D eigenvalue weighted by atomic mass is 10.0. The van der Waals surface area contributed by atoms with Gasteiger partial charge in [-0.05, 0) is 30.5 Å². The van der Waals surface area contributed by atoms with Crippen LogP contribution in [-0.2, 0) is 9.53 Å². The molecule has 0 saturated carbocycles. The van der Waals surface area contributed by atoms with Crippen LogP contribution in [0.5, 0.6) is 0 Å². The lowest BCUT2D eigenvalue weighted by Gasteiger charge is -2.23. The molecule has 94 valence electrons. The summed E-state index contributed by atoms with van der Waals surface area (Å²) in [5.74, 6) is 0.203. The molecule has 0 radical (unpaired) electrons. The van der Waals surface area contributed by atoms with Crippen LogP contribution < -0.4 is 4.90 Å². The Hall–Kier alpha value is -1.86. The van der Waals surface area contributed by atoms with Crippen LogP contribution in [0.25, 0.3) is 0 Å². The second-order valence-electron chi connectivity index (χ2n) is 4.62. The Morgan fingerprint density at radius 1 is 1.56 bits per heavy atom. The standard InChI is InChI=1S/C14H16N2O2/c1-10-6-7-18-13(10)14(17)16(2)12-5-3-4-11(8-12)9-15/h3-5,8,10,13H,6-7H2,1-2H3. The van der Waals surface area contributed by atoms with E-state index in [0.29, 0.717) is 12.2 Å². The summed E-state index contributed by atoms with van der Waals surface area (Å²) in [6.45, 7) is 2.67. The quantitative estimate of drug-likeness (QED) is 0.799. The Kier molecular flexibility index (Phi) is 3.63. The summed E-state index contributed by atoms with van der Waals surface area (Å²) in [5.41, 5.74) is 1.27. The first-order chi connectivity index (χ1) is 8.63. The minimum Gasteiger partial charge on any atom is -0.368 e. The summed E-state index contributed by atoms with van der Waals surface area (Å²) in [5, 5.41) is 8.86. The van der Waals surface area contributed by atoms with Gasteiger partial charge in [-0.2, -0.15) is 5.26 Å². The number of rotatable bonds is 2. The molecule has 1 heterocycles. The van der Waals surface area contributed by atoms with Crippen LogP contribution in [0.3, 0.4) is 0 Å². The van der Waals surface area contributed by atoms with Gasteiger partial charge >= 0.3 is 0 Å². The maximum atomic E-state index is 12.3. The molecule has 1 aromatic carbocycles. The fourth-order valence-corrected chi connectivity index (χ4v) is 2.11. The Morgan fingerprint density at radius 2 is 2.33 bits per heavy atom. The molecule has 0 spiro atoms. The third-order valence-electron chi connectivity index (χ3n) is 3.32. The maximum absolute atomic E-state index is 12.3. The predicted molar refractivity (Wildman–Crippen MR) is 68.1 cm³/mol. The molecule has 4 heteroatoms. The van der Waals surface area contributed by atoms with Gasteiger partial charge in [-0.1, -0.05) is 13.0 Å². The highest BCUT2D eigenvalue weighted by Gasteiger charge is 2.33. The van der Waals surface area contributed by atoms with Gasteiger partial charge in [-0.3, -0.25) is 4.79 Å². The molecule has 0 aliphatic carbocycles. The van der Waals surface area contributed by atoms with Crippen molar-refractivity contribution < 1.29 is 9.53 Å². The van der Waals surface area contributed by atoms with Crippen molar-refractivity contribution in [2.75, 3.05) is 18.6 Å². The van der Waals surface area contributed by atoms with E-state index >= 15 is 0 Å². The van der Waals surface area contributed by atoms with Gasteiger partial charge in [0.25, 0.3) is 5.91 Å². The Labute approximate surface area is 107 Å². The summed E-state index contributed by atoms with van der Waals surface area (Å²) >= 11 is 0. The largest absolute Gasteiger partial charge is 0.368 e. The lowest BCUT2D eigenvalue weighted by molar-refractivity contribution is -0.128. The number of nitriles is 1. The smallest absolute Gasteiger partial charge is 0.256 e. The Balaban J connectivity index is 2.17. The number of nitrogens with zero attached hydrogens (tertiary/aromatic N) is 2. The molecule has 1 fully saturated rings. The van der Waals surface area contributed by atoms with Gasteiger partial charge in [0.1, 0.15) is 6.10 Å². The van der Waals surface area contributed by atoms with E-state index in [1.807, 2.05) is 13.0 Å². The van der Waals surface area contributed by atoms with E-state index in [1.54, 1.807) is 30.1 Å². The van der Waals surface area contributed by atoms with Crippen LogP contribution in [0, 0.1) is 17.2 Å². The van der Waals surface area contributed by atoms with Crippen molar-refractivity contribution in [3.05, 3.63) is 29.8 Å². The molecule has 0 N–H and O–H groups in total. The highest BCUT2D eigenvalue weighted by Crippen LogP contribution is 2.24. The van der Waals surface area contributed by atoms with Crippen LogP contribution in [-0.4, -0.2) is 25.7 Å². The van der Waals surface area contributed by atoms with Crippen molar-refractivity contribution >= 4 is 11.6 Å². The number of hydrogen-bond acceptors (Lipinski definition) is 3. The van der Waals surface area contributed by atoms with Gasteiger partial charge in [0.2, 0.25) is 0 Å². The summed E-state index contributed by atoms with van der Waals surface area (Å²) < 4.78 is 5.47. The number of ether oxygens (including phenoxy) is 1. The Bertz CT molecular complexity index is 493. The van der Waals surface area contributed by atoms with Crippen LogP contribution in [0.15, 0.2) is 24.3 Å². The number of carbonyl (C=O) groups excluding carboxylic acids is 1. The molecule has 1 aliphatic rings. The number of likely N-dealkylation sites (N-methyl/N-ethyl adjacent to an activating group) is 1. The van der Waals surface area contributed by atoms with Crippen molar-refractivity contribution in [1.29, 1.82) is 5.26 Å². The molecule has 2 atom stereocenters. The average molecular weight is 244 g/mol. The monoisotopic (exact) mass is 244 g/mol. The fourth-order valence-electron chi connectivity index (χ4n) is 2.11. The zero-order valence-corrected chi connectivity index (χ0v) is 10.6. The normalized spacial score (nSPS) is 22.5. The number of anilines is 1. The third kappa shape index (κ3) is 2.36. The van der Waals surface area contributed by atoms with Gasteiger partial charge in [0.05, 0.1) is 11.6 Å². The molecular weight excluding hydrogens is 228 g/mol. The molecule has 0 bridgehead atoms. The predicted octanol–water partition coefficient (Wildman–Crippen LogP) is 1.95. The number of amides is 1. The second-order valence-corrected chi connectivity index (χ2v) is 4.62. The zero-order chi connectivity index (χ0) is 13.1. The highest BCUT2D eigenvalue weighted by atomic mass is 16.5. The number of carbonyl (C=O) groups is 1. The van der Waals surface area contributed by atoms with Crippen molar-refractivity contribution in [3.8, 4) is 6.07 Å². The molecule has 1 aromatic rings. The Morgan fingerprint density at radius 3 is 2.94 bits per heavy atom.